The Hall–Kier alpha value is -5.53. The molecule has 42 heavy (non-hydrogen) atoms. The maximum Gasteiger partial charge on any atom is 0.0715 e. The smallest absolute Gasteiger partial charge is 0.0715 e. The SMILES string of the molecule is c1ccc2cc(-c3ccc(-c4cc(-c5ccc(-c6ccc7ccccc7c6)cc5)c5ccccc5n4)cc3)ccc2c1. The number of fused-ring (bicyclic) bond motifs is 3. The van der Waals surface area contributed by atoms with Crippen LogP contribution in [0.5, 0.6) is 0 Å². The van der Waals surface area contributed by atoms with E-state index in [0.717, 1.165) is 22.2 Å². The number of nitrogens with zero attached hydrogens (tertiary/aromatic N) is 1. The van der Waals surface area contributed by atoms with Gasteiger partial charge in [-0.3, -0.25) is 0 Å². The summed E-state index contributed by atoms with van der Waals surface area (Å²) in [5.41, 5.74) is 10.3. The summed E-state index contributed by atoms with van der Waals surface area (Å²) in [6, 6.07) is 58.7. The quantitative estimate of drug-likeness (QED) is 0.219. The summed E-state index contributed by atoms with van der Waals surface area (Å²) in [6.45, 7) is 0. The molecule has 1 nitrogen and oxygen atoms in total. The molecule has 0 aliphatic rings. The lowest BCUT2D eigenvalue weighted by Crippen LogP contribution is -1.90. The van der Waals surface area contributed by atoms with E-state index in [4.69, 9.17) is 4.98 Å². The molecule has 0 unspecified atom stereocenters. The molecule has 0 amide bonds. The number of hydrogen-bond acceptors (Lipinski definition) is 1. The fourth-order valence-corrected chi connectivity index (χ4v) is 5.98. The Morgan fingerprint density at radius 1 is 0.310 bits per heavy atom. The standard InChI is InChI=1S/C41H27N/c1-3-9-34-25-36(23-17-28(34)7-1)30-13-19-32(20-14-30)39-27-41(42-40-12-6-5-11-38(39)40)33-21-15-31(16-22-33)37-24-18-29-8-2-4-10-35(29)26-37/h1-27H. The van der Waals surface area contributed by atoms with E-state index >= 15 is 0 Å². The second kappa shape index (κ2) is 10.1. The van der Waals surface area contributed by atoms with Gasteiger partial charge in [-0.25, -0.2) is 4.98 Å². The highest BCUT2D eigenvalue weighted by Crippen LogP contribution is 2.35. The third-order valence-electron chi connectivity index (χ3n) is 8.26. The minimum atomic E-state index is 0.979. The molecule has 0 aliphatic heterocycles. The summed E-state index contributed by atoms with van der Waals surface area (Å²) in [7, 11) is 0. The Balaban J connectivity index is 1.16. The molecule has 0 atom stereocenters. The van der Waals surface area contributed by atoms with Gasteiger partial charge in [0.1, 0.15) is 0 Å². The van der Waals surface area contributed by atoms with Crippen molar-refractivity contribution in [2.75, 3.05) is 0 Å². The normalized spacial score (nSPS) is 11.3. The first-order valence-corrected chi connectivity index (χ1v) is 14.4. The molecule has 1 aromatic heterocycles. The van der Waals surface area contributed by atoms with Crippen LogP contribution in [-0.2, 0) is 0 Å². The van der Waals surface area contributed by atoms with Crippen LogP contribution in [0.15, 0.2) is 164 Å². The zero-order valence-electron chi connectivity index (χ0n) is 23.0. The third-order valence-corrected chi connectivity index (χ3v) is 8.26. The maximum atomic E-state index is 5.07. The van der Waals surface area contributed by atoms with Gasteiger partial charge in [0.15, 0.2) is 0 Å². The van der Waals surface area contributed by atoms with Crippen molar-refractivity contribution in [3.63, 3.8) is 0 Å². The van der Waals surface area contributed by atoms with E-state index in [1.54, 1.807) is 0 Å². The van der Waals surface area contributed by atoms with Gasteiger partial charge in [-0.15, -0.1) is 0 Å². The first-order valence-electron chi connectivity index (χ1n) is 14.4. The minimum Gasteiger partial charge on any atom is -0.248 e. The predicted molar refractivity (Wildman–Crippen MR) is 178 cm³/mol. The van der Waals surface area contributed by atoms with Gasteiger partial charge in [0.25, 0.3) is 0 Å². The zero-order valence-corrected chi connectivity index (χ0v) is 23.0. The fraction of sp³-hybridized carbons (Fsp3) is 0. The van der Waals surface area contributed by atoms with E-state index in [1.165, 1.54) is 54.9 Å². The molecule has 1 heterocycles. The van der Waals surface area contributed by atoms with Crippen molar-refractivity contribution < 1.29 is 0 Å². The van der Waals surface area contributed by atoms with Crippen LogP contribution < -0.4 is 0 Å². The van der Waals surface area contributed by atoms with Crippen LogP contribution in [0.4, 0.5) is 0 Å². The highest BCUT2D eigenvalue weighted by atomic mass is 14.7. The summed E-state index contributed by atoms with van der Waals surface area (Å²) in [4.78, 5) is 5.07. The first kappa shape index (κ1) is 24.3. The lowest BCUT2D eigenvalue weighted by Gasteiger charge is -2.12. The van der Waals surface area contributed by atoms with Gasteiger partial charge in [-0.05, 0) is 79.2 Å². The van der Waals surface area contributed by atoms with Crippen LogP contribution in [0, 0.1) is 0 Å². The Kier molecular flexibility index (Phi) is 5.86. The number of aromatic nitrogens is 1. The molecule has 0 saturated carbocycles. The molecule has 0 fully saturated rings. The molecule has 8 aromatic rings. The van der Waals surface area contributed by atoms with Crippen molar-refractivity contribution >= 4 is 32.4 Å². The summed E-state index contributed by atoms with van der Waals surface area (Å²) in [5, 5.41) is 6.20. The highest BCUT2D eigenvalue weighted by molar-refractivity contribution is 5.97. The van der Waals surface area contributed by atoms with Gasteiger partial charge >= 0.3 is 0 Å². The molecule has 0 aliphatic carbocycles. The Morgan fingerprint density at radius 2 is 0.762 bits per heavy atom. The van der Waals surface area contributed by atoms with Gasteiger partial charge in [0, 0.05) is 10.9 Å². The van der Waals surface area contributed by atoms with Gasteiger partial charge < -0.3 is 0 Å². The lowest BCUT2D eigenvalue weighted by molar-refractivity contribution is 1.40. The van der Waals surface area contributed by atoms with E-state index in [2.05, 4.69) is 164 Å². The van der Waals surface area contributed by atoms with Crippen molar-refractivity contribution in [1.29, 1.82) is 0 Å². The van der Waals surface area contributed by atoms with Gasteiger partial charge in [0.05, 0.1) is 11.2 Å². The number of benzene rings is 7. The Bertz CT molecular complexity index is 2220. The number of hydrogen-bond donors (Lipinski definition) is 0. The second-order valence-corrected chi connectivity index (χ2v) is 10.9. The number of pyridine rings is 1. The van der Waals surface area contributed by atoms with E-state index in [9.17, 15) is 0 Å². The number of rotatable bonds is 4. The molecule has 7 aromatic carbocycles. The van der Waals surface area contributed by atoms with Crippen LogP contribution in [0.3, 0.4) is 0 Å². The van der Waals surface area contributed by atoms with Gasteiger partial charge in [-0.1, -0.05) is 140 Å². The lowest BCUT2D eigenvalue weighted by atomic mass is 9.95. The summed E-state index contributed by atoms with van der Waals surface area (Å²) in [6.07, 6.45) is 0. The summed E-state index contributed by atoms with van der Waals surface area (Å²) >= 11 is 0. The number of para-hydroxylation sites is 1. The average molecular weight is 534 g/mol. The van der Waals surface area contributed by atoms with Crippen molar-refractivity contribution in [1.82, 2.24) is 4.98 Å². The second-order valence-electron chi connectivity index (χ2n) is 10.9. The highest BCUT2D eigenvalue weighted by Gasteiger charge is 2.11. The first-order chi connectivity index (χ1) is 20.8. The van der Waals surface area contributed by atoms with E-state index in [0.29, 0.717) is 0 Å². The zero-order chi connectivity index (χ0) is 27.9. The van der Waals surface area contributed by atoms with Crippen molar-refractivity contribution in [3.05, 3.63) is 164 Å². The van der Waals surface area contributed by atoms with Gasteiger partial charge in [-0.2, -0.15) is 0 Å². The molecule has 8 rings (SSSR count). The molecular weight excluding hydrogens is 506 g/mol. The van der Waals surface area contributed by atoms with Crippen molar-refractivity contribution in [2.24, 2.45) is 0 Å². The molecule has 0 saturated heterocycles. The molecule has 0 bridgehead atoms. The van der Waals surface area contributed by atoms with Gasteiger partial charge in [0.2, 0.25) is 0 Å². The van der Waals surface area contributed by atoms with E-state index in [-0.39, 0.29) is 0 Å². The average Bonchev–Trinajstić information content (AvgIpc) is 3.07. The molecular formula is C41H27N. The molecule has 0 N–H and O–H groups in total. The summed E-state index contributed by atoms with van der Waals surface area (Å²) < 4.78 is 0. The van der Waals surface area contributed by atoms with E-state index in [1.807, 2.05) is 0 Å². The fourth-order valence-electron chi connectivity index (χ4n) is 5.98. The predicted octanol–water partition coefficient (Wildman–Crippen LogP) is 11.2. The van der Waals surface area contributed by atoms with Crippen molar-refractivity contribution in [3.8, 4) is 44.6 Å². The summed E-state index contributed by atoms with van der Waals surface area (Å²) in [5.74, 6) is 0. The largest absolute Gasteiger partial charge is 0.248 e. The molecule has 196 valence electrons. The Labute approximate surface area is 245 Å². The van der Waals surface area contributed by atoms with Crippen LogP contribution in [-0.4, -0.2) is 4.98 Å². The van der Waals surface area contributed by atoms with Crippen LogP contribution in [0.25, 0.3) is 77.1 Å². The maximum absolute atomic E-state index is 5.07. The van der Waals surface area contributed by atoms with Crippen LogP contribution in [0.2, 0.25) is 0 Å². The third kappa shape index (κ3) is 4.42. The topological polar surface area (TPSA) is 12.9 Å². The molecule has 1 heteroatoms. The van der Waals surface area contributed by atoms with Crippen LogP contribution in [0.1, 0.15) is 0 Å². The molecule has 0 spiro atoms. The monoisotopic (exact) mass is 533 g/mol. The minimum absolute atomic E-state index is 0.979. The van der Waals surface area contributed by atoms with Crippen LogP contribution >= 0.6 is 0 Å². The Morgan fingerprint density at radius 3 is 1.36 bits per heavy atom. The molecule has 0 radical (unpaired) electrons. The van der Waals surface area contributed by atoms with E-state index < -0.39 is 0 Å². The van der Waals surface area contributed by atoms with Crippen molar-refractivity contribution in [2.45, 2.75) is 0 Å².